The number of fused-ring (bicyclic) bond motifs is 1. The number of aromatic nitrogens is 2. The number of esters is 1. The zero-order valence-electron chi connectivity index (χ0n) is 10.5. The first-order valence-corrected chi connectivity index (χ1v) is 6.56. The molecule has 0 radical (unpaired) electrons. The first-order chi connectivity index (χ1) is 9.17. The van der Waals surface area contributed by atoms with Crippen LogP contribution in [0.25, 0.3) is 11.0 Å². The van der Waals surface area contributed by atoms with E-state index in [9.17, 15) is 9.18 Å². The number of nitrogens with zero attached hydrogens (tertiary/aromatic N) is 2. The highest BCUT2D eigenvalue weighted by Crippen LogP contribution is 2.20. The predicted molar refractivity (Wildman–Crippen MR) is 70.7 cm³/mol. The topological polar surface area (TPSA) is 44.1 Å². The van der Waals surface area contributed by atoms with Gasteiger partial charge in [0.2, 0.25) is 0 Å². The van der Waals surface area contributed by atoms with Crippen molar-refractivity contribution < 1.29 is 13.9 Å². The minimum atomic E-state index is -0.407. The maximum absolute atomic E-state index is 13.7. The van der Waals surface area contributed by atoms with E-state index in [2.05, 4.69) is 4.98 Å². The van der Waals surface area contributed by atoms with Crippen molar-refractivity contribution in [3.8, 4) is 0 Å². The predicted octanol–water partition coefficient (Wildman–Crippen LogP) is 2.52. The first-order valence-electron chi connectivity index (χ1n) is 6.02. The van der Waals surface area contributed by atoms with E-state index in [1.165, 1.54) is 6.07 Å². The van der Waals surface area contributed by atoms with Gasteiger partial charge in [0.25, 0.3) is 0 Å². The molecule has 0 bridgehead atoms. The third kappa shape index (κ3) is 2.87. The van der Waals surface area contributed by atoms with Crippen LogP contribution in [0.2, 0.25) is 0 Å². The number of hydrogen-bond donors (Lipinski definition) is 0. The number of imidazole rings is 1. The van der Waals surface area contributed by atoms with E-state index in [-0.39, 0.29) is 18.0 Å². The van der Waals surface area contributed by atoms with Gasteiger partial charge in [0, 0.05) is 12.3 Å². The second-order valence-electron chi connectivity index (χ2n) is 3.97. The number of halogens is 2. The largest absolute Gasteiger partial charge is 0.465 e. The zero-order valence-corrected chi connectivity index (χ0v) is 11.3. The molecule has 0 aliphatic heterocycles. The molecule has 0 spiro atoms. The van der Waals surface area contributed by atoms with Crippen LogP contribution in [0.1, 0.15) is 12.7 Å². The molecule has 1 aromatic heterocycles. The van der Waals surface area contributed by atoms with Gasteiger partial charge in [-0.25, -0.2) is 9.37 Å². The molecule has 4 nitrogen and oxygen atoms in total. The Labute approximate surface area is 115 Å². The molecule has 6 heteroatoms. The van der Waals surface area contributed by atoms with Crippen molar-refractivity contribution in [3.63, 3.8) is 0 Å². The lowest BCUT2D eigenvalue weighted by Gasteiger charge is -2.07. The zero-order chi connectivity index (χ0) is 13.8. The van der Waals surface area contributed by atoms with Crippen LogP contribution in [0.15, 0.2) is 18.2 Å². The van der Waals surface area contributed by atoms with E-state index in [0.29, 0.717) is 30.2 Å². The van der Waals surface area contributed by atoms with Crippen molar-refractivity contribution in [2.75, 3.05) is 12.5 Å². The Bertz CT molecular complexity index is 598. The van der Waals surface area contributed by atoms with Crippen LogP contribution >= 0.6 is 11.6 Å². The minimum absolute atomic E-state index is 0.0139. The second-order valence-corrected chi connectivity index (χ2v) is 4.34. The quantitative estimate of drug-likeness (QED) is 0.626. The highest BCUT2D eigenvalue weighted by molar-refractivity contribution is 6.17. The van der Waals surface area contributed by atoms with Crippen LogP contribution in [0.5, 0.6) is 0 Å². The smallest absolute Gasteiger partial charge is 0.326 e. The molecule has 0 atom stereocenters. The number of benzene rings is 1. The standard InChI is InChI=1S/C13H14ClFN2O2/c1-2-19-12(18)8-17-10-5-3-4-9(15)13(10)16-11(17)6-7-14/h3-5H,2,6-8H2,1H3. The molecule has 1 aromatic carbocycles. The molecule has 1 heterocycles. The van der Waals surface area contributed by atoms with Gasteiger partial charge in [-0.2, -0.15) is 0 Å². The number of rotatable bonds is 5. The monoisotopic (exact) mass is 284 g/mol. The Hall–Kier alpha value is -1.62. The molecule has 0 amide bonds. The average molecular weight is 285 g/mol. The van der Waals surface area contributed by atoms with E-state index in [1.807, 2.05) is 0 Å². The number of ether oxygens (including phenoxy) is 1. The van der Waals surface area contributed by atoms with Crippen LogP contribution in [-0.2, 0) is 22.5 Å². The van der Waals surface area contributed by atoms with Gasteiger partial charge in [-0.3, -0.25) is 4.79 Å². The number of aryl methyl sites for hydroxylation is 1. The average Bonchev–Trinajstić information content (AvgIpc) is 2.71. The van der Waals surface area contributed by atoms with Gasteiger partial charge >= 0.3 is 5.97 Å². The molecule has 2 aromatic rings. The number of para-hydroxylation sites is 1. The number of carbonyl (C=O) groups is 1. The van der Waals surface area contributed by atoms with Crippen LogP contribution in [0.3, 0.4) is 0 Å². The summed E-state index contributed by atoms with van der Waals surface area (Å²) in [4.78, 5) is 15.8. The molecule has 0 saturated heterocycles. The molecule has 0 aliphatic rings. The van der Waals surface area contributed by atoms with Gasteiger partial charge in [-0.15, -0.1) is 11.6 Å². The Kier molecular flexibility index (Phi) is 4.37. The van der Waals surface area contributed by atoms with Crippen molar-refractivity contribution in [1.82, 2.24) is 9.55 Å². The summed E-state index contributed by atoms with van der Waals surface area (Å²) < 4.78 is 20.2. The summed E-state index contributed by atoms with van der Waals surface area (Å²) in [6, 6.07) is 4.66. The molecule has 0 aliphatic carbocycles. The Morgan fingerprint density at radius 3 is 3.00 bits per heavy atom. The van der Waals surface area contributed by atoms with Gasteiger partial charge in [0.05, 0.1) is 12.1 Å². The van der Waals surface area contributed by atoms with E-state index >= 15 is 0 Å². The number of alkyl halides is 1. The fraction of sp³-hybridized carbons (Fsp3) is 0.385. The van der Waals surface area contributed by atoms with Crippen molar-refractivity contribution >= 4 is 28.6 Å². The lowest BCUT2D eigenvalue weighted by atomic mass is 10.3. The van der Waals surface area contributed by atoms with Crippen LogP contribution in [-0.4, -0.2) is 28.0 Å². The van der Waals surface area contributed by atoms with E-state index < -0.39 is 5.82 Å². The summed E-state index contributed by atoms with van der Waals surface area (Å²) >= 11 is 5.71. The molecule has 0 fully saturated rings. The van der Waals surface area contributed by atoms with Gasteiger partial charge in [-0.05, 0) is 19.1 Å². The van der Waals surface area contributed by atoms with Gasteiger partial charge in [0.1, 0.15) is 17.9 Å². The maximum atomic E-state index is 13.7. The Morgan fingerprint density at radius 1 is 1.53 bits per heavy atom. The Morgan fingerprint density at radius 2 is 2.32 bits per heavy atom. The SMILES string of the molecule is CCOC(=O)Cn1c(CCCl)nc2c(F)cccc21. The molecule has 0 N–H and O–H groups in total. The van der Waals surface area contributed by atoms with Crippen molar-refractivity contribution in [2.24, 2.45) is 0 Å². The number of carbonyl (C=O) groups excluding carboxylic acids is 1. The Balaban J connectivity index is 2.46. The normalized spacial score (nSPS) is 10.9. The number of hydrogen-bond acceptors (Lipinski definition) is 3. The summed E-state index contributed by atoms with van der Waals surface area (Å²) in [5, 5.41) is 0. The summed E-state index contributed by atoms with van der Waals surface area (Å²) in [6.07, 6.45) is 0.467. The molecule has 0 saturated carbocycles. The van der Waals surface area contributed by atoms with Crippen molar-refractivity contribution in [2.45, 2.75) is 19.9 Å². The maximum Gasteiger partial charge on any atom is 0.326 e. The summed E-state index contributed by atoms with van der Waals surface area (Å²) in [7, 11) is 0. The molecule has 2 rings (SSSR count). The van der Waals surface area contributed by atoms with E-state index in [1.54, 1.807) is 23.6 Å². The second kappa shape index (κ2) is 6.02. The third-order valence-electron chi connectivity index (χ3n) is 2.72. The van der Waals surface area contributed by atoms with Crippen molar-refractivity contribution in [1.29, 1.82) is 0 Å². The van der Waals surface area contributed by atoms with E-state index in [0.717, 1.165) is 0 Å². The molecule has 0 unspecified atom stereocenters. The third-order valence-corrected chi connectivity index (χ3v) is 2.91. The van der Waals surface area contributed by atoms with Crippen LogP contribution < -0.4 is 0 Å². The molecule has 19 heavy (non-hydrogen) atoms. The summed E-state index contributed by atoms with van der Waals surface area (Å²) in [5.41, 5.74) is 0.833. The molecular formula is C13H14ClFN2O2. The fourth-order valence-electron chi connectivity index (χ4n) is 1.95. The molecule has 102 valence electrons. The van der Waals surface area contributed by atoms with E-state index in [4.69, 9.17) is 16.3 Å². The fourth-order valence-corrected chi connectivity index (χ4v) is 2.12. The lowest BCUT2D eigenvalue weighted by molar-refractivity contribution is -0.143. The van der Waals surface area contributed by atoms with Gasteiger partial charge < -0.3 is 9.30 Å². The van der Waals surface area contributed by atoms with Gasteiger partial charge in [-0.1, -0.05) is 6.07 Å². The van der Waals surface area contributed by atoms with Crippen molar-refractivity contribution in [3.05, 3.63) is 29.8 Å². The molecular weight excluding hydrogens is 271 g/mol. The minimum Gasteiger partial charge on any atom is -0.465 e. The summed E-state index contributed by atoms with van der Waals surface area (Å²) in [5.74, 6) is 0.161. The lowest BCUT2D eigenvalue weighted by Crippen LogP contribution is -2.15. The summed E-state index contributed by atoms with van der Waals surface area (Å²) in [6.45, 7) is 2.06. The van der Waals surface area contributed by atoms with Gasteiger partial charge in [0.15, 0.2) is 5.82 Å². The van der Waals surface area contributed by atoms with Crippen LogP contribution in [0, 0.1) is 5.82 Å². The first kappa shape index (κ1) is 13.8. The van der Waals surface area contributed by atoms with Crippen LogP contribution in [0.4, 0.5) is 4.39 Å². The highest BCUT2D eigenvalue weighted by Gasteiger charge is 2.16. The highest BCUT2D eigenvalue weighted by atomic mass is 35.5.